The lowest BCUT2D eigenvalue weighted by atomic mass is 10.2. The molecule has 1 N–H and O–H groups in total. The minimum absolute atomic E-state index is 0.256. The van der Waals surface area contributed by atoms with E-state index in [4.69, 9.17) is 14.2 Å². The van der Waals surface area contributed by atoms with Gasteiger partial charge in [0, 0.05) is 32.7 Å². The van der Waals surface area contributed by atoms with E-state index in [0.717, 1.165) is 61.5 Å². The zero-order valence-corrected chi connectivity index (χ0v) is 17.6. The Morgan fingerprint density at radius 2 is 1.89 bits per heavy atom. The monoisotopic (exact) mass is 452 g/mol. The topological polar surface area (TPSA) is 43.0 Å². The molecule has 5 nitrogen and oxygen atoms in total. The van der Waals surface area contributed by atoms with Gasteiger partial charge in [-0.15, -0.1) is 0 Å². The van der Waals surface area contributed by atoms with E-state index in [1.165, 1.54) is 12.1 Å². The summed E-state index contributed by atoms with van der Waals surface area (Å²) in [4.78, 5) is 2.40. The maximum Gasteiger partial charge on any atom is 0.175 e. The highest BCUT2D eigenvalue weighted by molar-refractivity contribution is 9.10. The molecule has 0 radical (unpaired) electrons. The molecule has 3 rings (SSSR count). The summed E-state index contributed by atoms with van der Waals surface area (Å²) in [6.07, 6.45) is 0. The van der Waals surface area contributed by atoms with Crippen molar-refractivity contribution in [2.75, 3.05) is 46.5 Å². The number of hydrogen-bond donors (Lipinski definition) is 1. The van der Waals surface area contributed by atoms with Gasteiger partial charge in [0.25, 0.3) is 0 Å². The van der Waals surface area contributed by atoms with Gasteiger partial charge in [0.1, 0.15) is 12.4 Å². The van der Waals surface area contributed by atoms with Crippen molar-refractivity contribution < 1.29 is 18.6 Å². The first-order chi connectivity index (χ1) is 13.7. The van der Waals surface area contributed by atoms with Crippen LogP contribution in [0.15, 0.2) is 40.9 Å². The normalized spacial score (nSPS) is 14.8. The Morgan fingerprint density at radius 1 is 1.14 bits per heavy atom. The smallest absolute Gasteiger partial charge is 0.175 e. The van der Waals surface area contributed by atoms with Crippen LogP contribution in [0.25, 0.3) is 0 Å². The van der Waals surface area contributed by atoms with Crippen molar-refractivity contribution in [1.29, 1.82) is 0 Å². The van der Waals surface area contributed by atoms with Crippen LogP contribution in [0.1, 0.15) is 11.1 Å². The summed E-state index contributed by atoms with van der Waals surface area (Å²) in [5, 5.41) is 3.47. The molecule has 1 aliphatic rings. The molecule has 1 saturated heterocycles. The molecule has 0 amide bonds. The van der Waals surface area contributed by atoms with Gasteiger partial charge in [-0.2, -0.15) is 0 Å². The summed E-state index contributed by atoms with van der Waals surface area (Å²) in [5.74, 6) is 1.05. The van der Waals surface area contributed by atoms with Crippen LogP contribution in [-0.2, 0) is 17.9 Å². The number of benzene rings is 2. The highest BCUT2D eigenvalue weighted by Gasteiger charge is 2.13. The first kappa shape index (κ1) is 21.0. The Labute approximate surface area is 173 Å². The molecule has 0 aromatic heterocycles. The number of nitrogens with one attached hydrogen (secondary N) is 1. The third kappa shape index (κ3) is 6.17. The largest absolute Gasteiger partial charge is 0.493 e. The zero-order chi connectivity index (χ0) is 19.8. The third-order valence-corrected chi connectivity index (χ3v) is 5.21. The Morgan fingerprint density at radius 3 is 2.61 bits per heavy atom. The van der Waals surface area contributed by atoms with Crippen molar-refractivity contribution in [1.82, 2.24) is 10.2 Å². The molecule has 2 aromatic carbocycles. The number of rotatable bonds is 9. The fraction of sp³-hybridized carbons (Fsp3) is 0.429. The first-order valence-corrected chi connectivity index (χ1v) is 10.2. The quantitative estimate of drug-likeness (QED) is 0.588. The lowest BCUT2D eigenvalue weighted by molar-refractivity contribution is 0.0384. The van der Waals surface area contributed by atoms with Crippen LogP contribution in [0.5, 0.6) is 11.5 Å². The second kappa shape index (κ2) is 10.8. The van der Waals surface area contributed by atoms with Gasteiger partial charge in [-0.25, -0.2) is 4.39 Å². The molecule has 0 saturated carbocycles. The molecule has 0 bridgehead atoms. The summed E-state index contributed by atoms with van der Waals surface area (Å²) < 4.78 is 30.7. The minimum Gasteiger partial charge on any atom is -0.493 e. The van der Waals surface area contributed by atoms with E-state index in [1.54, 1.807) is 19.2 Å². The predicted octanol–water partition coefficient (Wildman–Crippen LogP) is 3.60. The fourth-order valence-corrected chi connectivity index (χ4v) is 3.65. The average molecular weight is 453 g/mol. The van der Waals surface area contributed by atoms with Gasteiger partial charge in [-0.3, -0.25) is 4.90 Å². The molecule has 1 fully saturated rings. The van der Waals surface area contributed by atoms with Gasteiger partial charge in [0.2, 0.25) is 0 Å². The van der Waals surface area contributed by atoms with Crippen LogP contribution in [0, 0.1) is 5.82 Å². The van der Waals surface area contributed by atoms with Crippen molar-refractivity contribution in [3.05, 3.63) is 57.8 Å². The zero-order valence-electron chi connectivity index (χ0n) is 16.0. The van der Waals surface area contributed by atoms with Crippen molar-refractivity contribution >= 4 is 15.9 Å². The summed E-state index contributed by atoms with van der Waals surface area (Å²) in [7, 11) is 1.63. The Hall–Kier alpha value is -1.67. The van der Waals surface area contributed by atoms with Crippen LogP contribution in [0.3, 0.4) is 0 Å². The van der Waals surface area contributed by atoms with Gasteiger partial charge >= 0.3 is 0 Å². The molecule has 152 valence electrons. The van der Waals surface area contributed by atoms with Gasteiger partial charge in [-0.05, 0) is 51.3 Å². The SMILES string of the molecule is COc1cc(CNCCN2CCOCC2)cc(Br)c1OCc1ccc(F)cc1. The molecule has 0 spiro atoms. The highest BCUT2D eigenvalue weighted by atomic mass is 79.9. The van der Waals surface area contributed by atoms with Crippen LogP contribution < -0.4 is 14.8 Å². The van der Waals surface area contributed by atoms with Crippen LogP contribution >= 0.6 is 15.9 Å². The van der Waals surface area contributed by atoms with Crippen LogP contribution in [-0.4, -0.2) is 51.4 Å². The number of morpholine rings is 1. The predicted molar refractivity (Wildman–Crippen MR) is 110 cm³/mol. The van der Waals surface area contributed by atoms with Crippen molar-refractivity contribution in [2.24, 2.45) is 0 Å². The molecule has 28 heavy (non-hydrogen) atoms. The van der Waals surface area contributed by atoms with Gasteiger partial charge in [0.05, 0.1) is 24.8 Å². The minimum atomic E-state index is -0.256. The molecule has 7 heteroatoms. The van der Waals surface area contributed by atoms with Crippen LogP contribution in [0.4, 0.5) is 4.39 Å². The third-order valence-electron chi connectivity index (χ3n) is 4.62. The number of ether oxygens (including phenoxy) is 3. The van der Waals surface area contributed by atoms with Crippen molar-refractivity contribution in [3.63, 3.8) is 0 Å². The van der Waals surface area contributed by atoms with Gasteiger partial charge in [-0.1, -0.05) is 12.1 Å². The number of hydrogen-bond acceptors (Lipinski definition) is 5. The van der Waals surface area contributed by atoms with E-state index in [2.05, 4.69) is 26.1 Å². The van der Waals surface area contributed by atoms with E-state index in [-0.39, 0.29) is 5.82 Å². The molecule has 1 heterocycles. The molecule has 0 aliphatic carbocycles. The lowest BCUT2D eigenvalue weighted by Crippen LogP contribution is -2.40. The summed E-state index contributed by atoms with van der Waals surface area (Å²) >= 11 is 3.58. The Bertz CT molecular complexity index is 752. The van der Waals surface area contributed by atoms with Crippen LogP contribution in [0.2, 0.25) is 0 Å². The van der Waals surface area contributed by atoms with Gasteiger partial charge < -0.3 is 19.5 Å². The average Bonchev–Trinajstić information content (AvgIpc) is 2.72. The summed E-state index contributed by atoms with van der Waals surface area (Å²) in [5.41, 5.74) is 2.00. The number of methoxy groups -OCH3 is 1. The maximum atomic E-state index is 13.0. The van der Waals surface area contributed by atoms with E-state index in [9.17, 15) is 4.39 Å². The van der Waals surface area contributed by atoms with Crippen molar-refractivity contribution in [3.8, 4) is 11.5 Å². The maximum absolute atomic E-state index is 13.0. The van der Waals surface area contributed by atoms with E-state index in [0.29, 0.717) is 18.1 Å². The second-order valence-corrected chi connectivity index (χ2v) is 7.51. The Balaban J connectivity index is 1.53. The standard InChI is InChI=1S/C21H26BrFN2O3/c1-26-20-13-17(14-24-6-7-25-8-10-27-11-9-25)12-19(22)21(20)28-15-16-2-4-18(23)5-3-16/h2-5,12-13,24H,6-11,14-15H2,1H3. The highest BCUT2D eigenvalue weighted by Crippen LogP contribution is 2.37. The first-order valence-electron chi connectivity index (χ1n) is 9.40. The molecular weight excluding hydrogens is 427 g/mol. The molecule has 1 aliphatic heterocycles. The van der Waals surface area contributed by atoms with Crippen molar-refractivity contribution in [2.45, 2.75) is 13.2 Å². The Kier molecular flexibility index (Phi) is 8.09. The number of nitrogens with zero attached hydrogens (tertiary/aromatic N) is 1. The number of halogens is 2. The summed E-state index contributed by atoms with van der Waals surface area (Å²) in [6.45, 7) is 6.67. The molecule has 0 atom stereocenters. The van der Waals surface area contributed by atoms with E-state index < -0.39 is 0 Å². The fourth-order valence-electron chi connectivity index (χ4n) is 3.05. The van der Waals surface area contributed by atoms with Gasteiger partial charge in [0.15, 0.2) is 11.5 Å². The molecule has 2 aromatic rings. The summed E-state index contributed by atoms with van der Waals surface area (Å²) in [6, 6.07) is 10.3. The van der Waals surface area contributed by atoms with E-state index in [1.807, 2.05) is 12.1 Å². The lowest BCUT2D eigenvalue weighted by Gasteiger charge is -2.26. The second-order valence-electron chi connectivity index (χ2n) is 6.65. The molecular formula is C21H26BrFN2O3. The van der Waals surface area contributed by atoms with E-state index >= 15 is 0 Å². The molecule has 0 unspecified atom stereocenters.